The van der Waals surface area contributed by atoms with Crippen LogP contribution in [0.3, 0.4) is 0 Å². The quantitative estimate of drug-likeness (QED) is 0.800. The normalized spacial score (nSPS) is 28.1. The van der Waals surface area contributed by atoms with Gasteiger partial charge in [0.25, 0.3) is 0 Å². The number of carboxylic acids is 1. The van der Waals surface area contributed by atoms with Crippen LogP contribution in [-0.2, 0) is 9.59 Å². The maximum Gasteiger partial charge on any atom is 0.307 e. The van der Waals surface area contributed by atoms with Crippen LogP contribution in [0.1, 0.15) is 39.5 Å². The van der Waals surface area contributed by atoms with Gasteiger partial charge in [-0.2, -0.15) is 0 Å². The molecule has 1 aliphatic rings. The molecule has 0 bridgehead atoms. The molecule has 0 spiro atoms. The first-order chi connectivity index (χ1) is 8.01. The second-order valence-electron chi connectivity index (χ2n) is 5.06. The molecular weight excluding hydrogens is 218 g/mol. The molecule has 0 aliphatic heterocycles. The number of amides is 1. The van der Waals surface area contributed by atoms with Crippen molar-refractivity contribution >= 4 is 11.9 Å². The maximum absolute atomic E-state index is 12.2. The first-order valence-electron chi connectivity index (χ1n) is 6.49. The van der Waals surface area contributed by atoms with Gasteiger partial charge in [0, 0.05) is 13.6 Å². The van der Waals surface area contributed by atoms with Crippen molar-refractivity contribution in [3.63, 3.8) is 0 Å². The molecule has 1 N–H and O–H groups in total. The molecule has 4 heteroatoms. The van der Waals surface area contributed by atoms with E-state index in [0.29, 0.717) is 18.9 Å². The summed E-state index contributed by atoms with van der Waals surface area (Å²) in [7, 11) is 1.77. The smallest absolute Gasteiger partial charge is 0.307 e. The first-order valence-corrected chi connectivity index (χ1v) is 6.49. The molecule has 0 radical (unpaired) electrons. The fourth-order valence-electron chi connectivity index (χ4n) is 2.75. The summed E-state index contributed by atoms with van der Waals surface area (Å²) < 4.78 is 0. The number of carbonyl (C=O) groups excluding carboxylic acids is 1. The third-order valence-electron chi connectivity index (χ3n) is 3.81. The molecule has 1 rings (SSSR count). The molecule has 1 saturated carbocycles. The van der Waals surface area contributed by atoms with E-state index in [1.807, 2.05) is 6.92 Å². The van der Waals surface area contributed by atoms with E-state index in [0.717, 1.165) is 19.3 Å². The highest BCUT2D eigenvalue weighted by atomic mass is 16.4. The van der Waals surface area contributed by atoms with Gasteiger partial charge in [0.15, 0.2) is 0 Å². The Morgan fingerprint density at radius 1 is 1.24 bits per heavy atom. The molecule has 1 aliphatic carbocycles. The van der Waals surface area contributed by atoms with Crippen molar-refractivity contribution in [2.75, 3.05) is 13.6 Å². The highest BCUT2D eigenvalue weighted by Gasteiger charge is 2.42. The van der Waals surface area contributed by atoms with Crippen molar-refractivity contribution < 1.29 is 14.7 Å². The SMILES string of the molecule is CCCN(C)C(=O)[C@H]1CC(CC)C[C@H]1C(=O)O. The van der Waals surface area contributed by atoms with E-state index in [2.05, 4.69) is 6.92 Å². The Kier molecular flexibility index (Phi) is 4.97. The van der Waals surface area contributed by atoms with Gasteiger partial charge in [0.1, 0.15) is 0 Å². The topological polar surface area (TPSA) is 57.6 Å². The summed E-state index contributed by atoms with van der Waals surface area (Å²) in [6, 6.07) is 0. The average molecular weight is 241 g/mol. The van der Waals surface area contributed by atoms with Crippen LogP contribution in [0, 0.1) is 17.8 Å². The predicted molar refractivity (Wildman–Crippen MR) is 65.6 cm³/mol. The summed E-state index contributed by atoms with van der Waals surface area (Å²) in [6.45, 7) is 4.78. The zero-order valence-corrected chi connectivity index (χ0v) is 11.0. The third kappa shape index (κ3) is 3.20. The number of hydrogen-bond donors (Lipinski definition) is 1. The van der Waals surface area contributed by atoms with E-state index in [1.165, 1.54) is 0 Å². The van der Waals surface area contributed by atoms with E-state index < -0.39 is 11.9 Å². The van der Waals surface area contributed by atoms with Crippen LogP contribution >= 0.6 is 0 Å². The van der Waals surface area contributed by atoms with Gasteiger partial charge in [-0.05, 0) is 25.2 Å². The van der Waals surface area contributed by atoms with Crippen LogP contribution in [0.25, 0.3) is 0 Å². The third-order valence-corrected chi connectivity index (χ3v) is 3.81. The molecule has 98 valence electrons. The van der Waals surface area contributed by atoms with Crippen molar-refractivity contribution in [1.82, 2.24) is 4.90 Å². The van der Waals surface area contributed by atoms with Crippen molar-refractivity contribution in [3.05, 3.63) is 0 Å². The van der Waals surface area contributed by atoms with E-state index >= 15 is 0 Å². The van der Waals surface area contributed by atoms with Gasteiger partial charge in [0.05, 0.1) is 11.8 Å². The molecule has 0 aromatic heterocycles. The molecule has 0 saturated heterocycles. The summed E-state index contributed by atoms with van der Waals surface area (Å²) in [4.78, 5) is 25.0. The highest BCUT2D eigenvalue weighted by molar-refractivity contribution is 5.85. The molecule has 1 fully saturated rings. The first kappa shape index (κ1) is 14.0. The fraction of sp³-hybridized carbons (Fsp3) is 0.846. The lowest BCUT2D eigenvalue weighted by Crippen LogP contribution is -2.37. The van der Waals surface area contributed by atoms with Crippen molar-refractivity contribution in [2.45, 2.75) is 39.5 Å². The summed E-state index contributed by atoms with van der Waals surface area (Å²) >= 11 is 0. The van der Waals surface area contributed by atoms with E-state index in [-0.39, 0.29) is 11.8 Å². The molecule has 17 heavy (non-hydrogen) atoms. The van der Waals surface area contributed by atoms with Crippen LogP contribution < -0.4 is 0 Å². The standard InChI is InChI=1S/C13H23NO3/c1-4-6-14(3)12(15)10-7-9(5-2)8-11(10)13(16)17/h9-11H,4-8H2,1-3H3,(H,16,17)/t9?,10-,11+/m0/s1. The van der Waals surface area contributed by atoms with Crippen LogP contribution in [0.15, 0.2) is 0 Å². The molecular formula is C13H23NO3. The molecule has 0 aromatic carbocycles. The second kappa shape index (κ2) is 6.03. The lowest BCUT2D eigenvalue weighted by molar-refractivity contribution is -0.148. The molecule has 0 aromatic rings. The van der Waals surface area contributed by atoms with Crippen molar-refractivity contribution in [3.8, 4) is 0 Å². The molecule has 0 heterocycles. The van der Waals surface area contributed by atoms with Gasteiger partial charge in [-0.1, -0.05) is 20.3 Å². The van der Waals surface area contributed by atoms with E-state index in [4.69, 9.17) is 0 Å². The highest BCUT2D eigenvalue weighted by Crippen LogP contribution is 2.39. The number of nitrogens with zero attached hydrogens (tertiary/aromatic N) is 1. The van der Waals surface area contributed by atoms with Gasteiger partial charge in [-0.3, -0.25) is 9.59 Å². The zero-order valence-electron chi connectivity index (χ0n) is 11.0. The van der Waals surface area contributed by atoms with E-state index in [1.54, 1.807) is 11.9 Å². The summed E-state index contributed by atoms with van der Waals surface area (Å²) in [6.07, 6.45) is 3.26. The van der Waals surface area contributed by atoms with Gasteiger partial charge >= 0.3 is 5.97 Å². The summed E-state index contributed by atoms with van der Waals surface area (Å²) in [5, 5.41) is 9.19. The number of rotatable bonds is 5. The van der Waals surface area contributed by atoms with Crippen molar-refractivity contribution in [2.24, 2.45) is 17.8 Å². The Labute approximate surface area is 103 Å². The van der Waals surface area contributed by atoms with Gasteiger partial charge in [0.2, 0.25) is 5.91 Å². The molecule has 1 amide bonds. The minimum absolute atomic E-state index is 0.00944. The minimum Gasteiger partial charge on any atom is -0.481 e. The Morgan fingerprint density at radius 2 is 1.82 bits per heavy atom. The van der Waals surface area contributed by atoms with Crippen LogP contribution in [0.2, 0.25) is 0 Å². The summed E-state index contributed by atoms with van der Waals surface area (Å²) in [5.41, 5.74) is 0. The minimum atomic E-state index is -0.816. The van der Waals surface area contributed by atoms with Gasteiger partial charge < -0.3 is 10.0 Å². The second-order valence-corrected chi connectivity index (χ2v) is 5.06. The van der Waals surface area contributed by atoms with Crippen molar-refractivity contribution in [1.29, 1.82) is 0 Å². The Hall–Kier alpha value is -1.06. The average Bonchev–Trinajstić information content (AvgIpc) is 2.72. The van der Waals surface area contributed by atoms with Gasteiger partial charge in [-0.15, -0.1) is 0 Å². The lowest BCUT2D eigenvalue weighted by atomic mass is 9.95. The lowest BCUT2D eigenvalue weighted by Gasteiger charge is -2.22. The monoisotopic (exact) mass is 241 g/mol. The van der Waals surface area contributed by atoms with Crippen LogP contribution in [0.5, 0.6) is 0 Å². The zero-order chi connectivity index (χ0) is 13.0. The Balaban J connectivity index is 2.72. The molecule has 3 atom stereocenters. The number of carboxylic acid groups (broad SMARTS) is 1. The molecule has 1 unspecified atom stereocenters. The number of hydrogen-bond acceptors (Lipinski definition) is 2. The number of aliphatic carboxylic acids is 1. The van der Waals surface area contributed by atoms with E-state index in [9.17, 15) is 14.7 Å². The fourth-order valence-corrected chi connectivity index (χ4v) is 2.75. The Bertz CT molecular complexity index is 290. The largest absolute Gasteiger partial charge is 0.481 e. The maximum atomic E-state index is 12.2. The van der Waals surface area contributed by atoms with Gasteiger partial charge in [-0.25, -0.2) is 0 Å². The van der Waals surface area contributed by atoms with Crippen LogP contribution in [0.4, 0.5) is 0 Å². The molecule has 4 nitrogen and oxygen atoms in total. The Morgan fingerprint density at radius 3 is 2.29 bits per heavy atom. The predicted octanol–water partition coefficient (Wildman–Crippen LogP) is 1.99. The number of carbonyl (C=O) groups is 2. The van der Waals surface area contributed by atoms with Crippen LogP contribution in [-0.4, -0.2) is 35.5 Å². The summed E-state index contributed by atoms with van der Waals surface area (Å²) in [5.74, 6) is -1.21.